The second-order valence-electron chi connectivity index (χ2n) is 3.93. The van der Waals surface area contributed by atoms with Gasteiger partial charge in [-0.1, -0.05) is 13.0 Å². The molecular weight excluding hydrogens is 286 g/mol. The van der Waals surface area contributed by atoms with Gasteiger partial charge < -0.3 is 10.4 Å². The average molecular weight is 304 g/mol. The van der Waals surface area contributed by atoms with E-state index in [0.717, 1.165) is 22.1 Å². The summed E-state index contributed by atoms with van der Waals surface area (Å²) in [5, 5.41) is 13.8. The fourth-order valence-corrected chi connectivity index (χ4v) is 2.33. The summed E-state index contributed by atoms with van der Waals surface area (Å²) in [4.78, 5) is 0. The van der Waals surface area contributed by atoms with Gasteiger partial charge in [0.25, 0.3) is 0 Å². The summed E-state index contributed by atoms with van der Waals surface area (Å²) >= 11 is 5.19. The van der Waals surface area contributed by atoms with Crippen LogP contribution in [0.2, 0.25) is 0 Å². The van der Waals surface area contributed by atoms with Crippen molar-refractivity contribution >= 4 is 27.7 Å². The van der Waals surface area contributed by atoms with Crippen LogP contribution in [0, 0.1) is 6.92 Å². The fraction of sp³-hybridized carbons (Fsp3) is 0.500. The Morgan fingerprint density at radius 3 is 2.81 bits per heavy atom. The SMILES string of the molecule is CSC(C)CNCc1cc(C)cc(Br)c1O. The molecule has 0 bridgehead atoms. The number of thioether (sulfide) groups is 1. The first kappa shape index (κ1) is 13.9. The molecule has 0 heterocycles. The molecule has 0 amide bonds. The molecule has 2 nitrogen and oxygen atoms in total. The maximum absolute atomic E-state index is 9.85. The van der Waals surface area contributed by atoms with Crippen LogP contribution in [0.25, 0.3) is 0 Å². The van der Waals surface area contributed by atoms with E-state index in [4.69, 9.17) is 0 Å². The maximum atomic E-state index is 9.85. The van der Waals surface area contributed by atoms with Gasteiger partial charge in [-0.05, 0) is 40.7 Å². The van der Waals surface area contributed by atoms with E-state index in [9.17, 15) is 5.11 Å². The van der Waals surface area contributed by atoms with Crippen molar-refractivity contribution in [2.75, 3.05) is 12.8 Å². The zero-order valence-corrected chi connectivity index (χ0v) is 12.3. The van der Waals surface area contributed by atoms with E-state index in [0.29, 0.717) is 17.5 Å². The van der Waals surface area contributed by atoms with Gasteiger partial charge in [0, 0.05) is 23.9 Å². The Balaban J connectivity index is 2.60. The Kier molecular flexibility index (Phi) is 5.66. The highest BCUT2D eigenvalue weighted by molar-refractivity contribution is 9.10. The molecule has 1 aromatic rings. The van der Waals surface area contributed by atoms with Gasteiger partial charge in [-0.3, -0.25) is 0 Å². The summed E-state index contributed by atoms with van der Waals surface area (Å²) in [5.41, 5.74) is 2.10. The van der Waals surface area contributed by atoms with Crippen LogP contribution >= 0.6 is 27.7 Å². The number of hydrogen-bond donors (Lipinski definition) is 2. The van der Waals surface area contributed by atoms with Gasteiger partial charge in [-0.25, -0.2) is 0 Å². The minimum Gasteiger partial charge on any atom is -0.506 e. The quantitative estimate of drug-likeness (QED) is 0.875. The predicted molar refractivity (Wildman–Crippen MR) is 75.2 cm³/mol. The molecule has 90 valence electrons. The van der Waals surface area contributed by atoms with E-state index < -0.39 is 0 Å². The molecule has 2 N–H and O–H groups in total. The predicted octanol–water partition coefficient (Wildman–Crippen LogP) is 3.30. The van der Waals surface area contributed by atoms with Gasteiger partial charge in [0.2, 0.25) is 0 Å². The first-order valence-corrected chi connectivity index (χ1v) is 7.34. The lowest BCUT2D eigenvalue weighted by molar-refractivity contribution is 0.461. The van der Waals surface area contributed by atoms with Gasteiger partial charge in [0.1, 0.15) is 5.75 Å². The van der Waals surface area contributed by atoms with Crippen LogP contribution in [-0.2, 0) is 6.54 Å². The van der Waals surface area contributed by atoms with E-state index in [1.165, 1.54) is 0 Å². The van der Waals surface area contributed by atoms with Crippen LogP contribution < -0.4 is 5.32 Å². The van der Waals surface area contributed by atoms with Crippen molar-refractivity contribution < 1.29 is 5.11 Å². The number of hydrogen-bond acceptors (Lipinski definition) is 3. The smallest absolute Gasteiger partial charge is 0.134 e. The molecule has 0 saturated carbocycles. The molecule has 0 aliphatic rings. The third kappa shape index (κ3) is 4.00. The molecule has 1 unspecified atom stereocenters. The number of benzene rings is 1. The molecule has 1 atom stereocenters. The second kappa shape index (κ2) is 6.52. The Labute approximate surface area is 110 Å². The summed E-state index contributed by atoms with van der Waals surface area (Å²) in [6.45, 7) is 5.87. The molecule has 0 aromatic heterocycles. The molecule has 0 aliphatic carbocycles. The zero-order chi connectivity index (χ0) is 12.1. The molecule has 0 spiro atoms. The summed E-state index contributed by atoms with van der Waals surface area (Å²) in [5.74, 6) is 0.343. The molecule has 0 aliphatic heterocycles. The number of rotatable bonds is 5. The van der Waals surface area contributed by atoms with Crippen molar-refractivity contribution in [1.82, 2.24) is 5.32 Å². The lowest BCUT2D eigenvalue weighted by Crippen LogP contribution is -2.22. The highest BCUT2D eigenvalue weighted by Gasteiger charge is 2.07. The van der Waals surface area contributed by atoms with Crippen molar-refractivity contribution in [3.05, 3.63) is 27.7 Å². The van der Waals surface area contributed by atoms with E-state index >= 15 is 0 Å². The Bertz CT molecular complexity index is 357. The third-order valence-corrected chi connectivity index (χ3v) is 4.01. The molecule has 1 rings (SSSR count). The van der Waals surface area contributed by atoms with Crippen molar-refractivity contribution in [3.63, 3.8) is 0 Å². The number of aromatic hydroxyl groups is 1. The van der Waals surface area contributed by atoms with Gasteiger partial charge in [0.15, 0.2) is 0 Å². The highest BCUT2D eigenvalue weighted by atomic mass is 79.9. The Morgan fingerprint density at radius 1 is 1.50 bits per heavy atom. The lowest BCUT2D eigenvalue weighted by atomic mass is 10.1. The highest BCUT2D eigenvalue weighted by Crippen LogP contribution is 2.29. The largest absolute Gasteiger partial charge is 0.506 e. The van der Waals surface area contributed by atoms with Crippen molar-refractivity contribution in [2.45, 2.75) is 25.6 Å². The summed E-state index contributed by atoms with van der Waals surface area (Å²) in [6.07, 6.45) is 2.10. The van der Waals surface area contributed by atoms with Crippen LogP contribution in [0.3, 0.4) is 0 Å². The van der Waals surface area contributed by atoms with Crippen LogP contribution in [-0.4, -0.2) is 23.2 Å². The summed E-state index contributed by atoms with van der Waals surface area (Å²) < 4.78 is 0.766. The zero-order valence-electron chi connectivity index (χ0n) is 9.88. The number of nitrogens with one attached hydrogen (secondary N) is 1. The minimum absolute atomic E-state index is 0.343. The molecule has 4 heteroatoms. The molecular formula is C12H18BrNOS. The van der Waals surface area contributed by atoms with Crippen LogP contribution in [0.1, 0.15) is 18.1 Å². The number of aryl methyl sites for hydroxylation is 1. The Morgan fingerprint density at radius 2 is 2.19 bits per heavy atom. The molecule has 0 fully saturated rings. The maximum Gasteiger partial charge on any atom is 0.134 e. The van der Waals surface area contributed by atoms with Crippen molar-refractivity contribution in [1.29, 1.82) is 0 Å². The number of halogens is 1. The monoisotopic (exact) mass is 303 g/mol. The molecule has 0 radical (unpaired) electrons. The lowest BCUT2D eigenvalue weighted by Gasteiger charge is -2.12. The van der Waals surface area contributed by atoms with Gasteiger partial charge in [-0.15, -0.1) is 0 Å². The second-order valence-corrected chi connectivity index (χ2v) is 6.06. The van der Waals surface area contributed by atoms with E-state index in [-0.39, 0.29) is 0 Å². The van der Waals surface area contributed by atoms with Gasteiger partial charge in [0.05, 0.1) is 4.47 Å². The number of phenolic OH excluding ortho intramolecular Hbond substituents is 1. The van der Waals surface area contributed by atoms with E-state index in [2.05, 4.69) is 34.4 Å². The van der Waals surface area contributed by atoms with Gasteiger partial charge >= 0.3 is 0 Å². The molecule has 1 aromatic carbocycles. The Hall–Kier alpha value is -0.190. The summed E-state index contributed by atoms with van der Waals surface area (Å²) in [7, 11) is 0. The topological polar surface area (TPSA) is 32.3 Å². The van der Waals surface area contributed by atoms with Crippen molar-refractivity contribution in [2.24, 2.45) is 0 Å². The fourth-order valence-electron chi connectivity index (χ4n) is 1.43. The minimum atomic E-state index is 0.343. The normalized spacial score (nSPS) is 12.8. The summed E-state index contributed by atoms with van der Waals surface area (Å²) in [6, 6.07) is 3.93. The van der Waals surface area contributed by atoms with Gasteiger partial charge in [-0.2, -0.15) is 11.8 Å². The first-order valence-electron chi connectivity index (χ1n) is 5.26. The molecule has 16 heavy (non-hydrogen) atoms. The van der Waals surface area contributed by atoms with Crippen LogP contribution in [0.5, 0.6) is 5.75 Å². The van der Waals surface area contributed by atoms with E-state index in [1.807, 2.05) is 30.8 Å². The van der Waals surface area contributed by atoms with E-state index in [1.54, 1.807) is 0 Å². The standard InChI is InChI=1S/C12H18BrNOS/c1-8-4-10(12(15)11(13)5-8)7-14-6-9(2)16-3/h4-5,9,14-15H,6-7H2,1-3H3. The van der Waals surface area contributed by atoms with Crippen LogP contribution in [0.15, 0.2) is 16.6 Å². The first-order chi connectivity index (χ1) is 7.54. The third-order valence-electron chi connectivity index (χ3n) is 2.44. The number of phenols is 1. The molecule has 0 saturated heterocycles. The average Bonchev–Trinajstić information content (AvgIpc) is 2.24. The van der Waals surface area contributed by atoms with Crippen LogP contribution in [0.4, 0.5) is 0 Å². The van der Waals surface area contributed by atoms with Crippen molar-refractivity contribution in [3.8, 4) is 5.75 Å².